The summed E-state index contributed by atoms with van der Waals surface area (Å²) in [4.78, 5) is 14.7. The number of fused-ring (bicyclic) bond motifs is 2. The molecule has 2 saturated carbocycles. The standard InChI is InChI=1S/C14H18N4/c1-18(2)12-4-3-11-14(16-12)17-13(15-11)10-6-8-5-9(8)7-10/h3-4,8-10H,5-7H2,1-2H3,(H,15,16,17). The van der Waals surface area contributed by atoms with Crippen LogP contribution in [-0.2, 0) is 0 Å². The van der Waals surface area contributed by atoms with Crippen LogP contribution >= 0.6 is 0 Å². The third kappa shape index (κ3) is 1.51. The lowest BCUT2D eigenvalue weighted by Crippen LogP contribution is -2.10. The number of aromatic nitrogens is 3. The summed E-state index contributed by atoms with van der Waals surface area (Å²) < 4.78 is 0. The van der Waals surface area contributed by atoms with Gasteiger partial charge in [-0.15, -0.1) is 0 Å². The highest BCUT2D eigenvalue weighted by molar-refractivity contribution is 5.73. The minimum atomic E-state index is 0.644. The first-order valence-electron chi connectivity index (χ1n) is 6.74. The number of nitrogens with one attached hydrogen (secondary N) is 1. The van der Waals surface area contributed by atoms with Gasteiger partial charge in [-0.2, -0.15) is 0 Å². The van der Waals surface area contributed by atoms with Crippen molar-refractivity contribution in [2.24, 2.45) is 11.8 Å². The third-order valence-corrected chi connectivity index (χ3v) is 4.44. The van der Waals surface area contributed by atoms with Crippen molar-refractivity contribution in [1.82, 2.24) is 15.0 Å². The van der Waals surface area contributed by atoms with Crippen molar-refractivity contribution in [3.05, 3.63) is 18.0 Å². The van der Waals surface area contributed by atoms with Gasteiger partial charge in [-0.3, -0.25) is 0 Å². The topological polar surface area (TPSA) is 44.8 Å². The van der Waals surface area contributed by atoms with Crippen molar-refractivity contribution in [2.45, 2.75) is 25.2 Å². The second-order valence-electron chi connectivity index (χ2n) is 5.98. The summed E-state index contributed by atoms with van der Waals surface area (Å²) in [5.41, 5.74) is 1.92. The second kappa shape index (κ2) is 3.46. The zero-order chi connectivity index (χ0) is 12.3. The van der Waals surface area contributed by atoms with Crippen LogP contribution in [0.25, 0.3) is 11.2 Å². The van der Waals surface area contributed by atoms with E-state index < -0.39 is 0 Å². The lowest BCUT2D eigenvalue weighted by molar-refractivity contribution is 0.597. The van der Waals surface area contributed by atoms with E-state index in [1.54, 1.807) is 0 Å². The zero-order valence-electron chi connectivity index (χ0n) is 10.8. The Hall–Kier alpha value is -1.58. The molecule has 0 aliphatic heterocycles. The molecule has 2 fully saturated rings. The molecule has 0 radical (unpaired) electrons. The molecule has 2 aromatic rings. The Balaban J connectivity index is 1.70. The van der Waals surface area contributed by atoms with Crippen molar-refractivity contribution >= 4 is 17.0 Å². The number of rotatable bonds is 2. The van der Waals surface area contributed by atoms with Gasteiger partial charge in [0.1, 0.15) is 11.6 Å². The molecule has 2 aliphatic carbocycles. The first-order chi connectivity index (χ1) is 8.70. The summed E-state index contributed by atoms with van der Waals surface area (Å²) in [6.45, 7) is 0. The van der Waals surface area contributed by atoms with Gasteiger partial charge in [0.15, 0.2) is 5.65 Å². The molecule has 4 nitrogen and oxygen atoms in total. The largest absolute Gasteiger partial charge is 0.363 e. The molecule has 2 unspecified atom stereocenters. The highest BCUT2D eigenvalue weighted by Gasteiger charge is 2.47. The molecule has 0 spiro atoms. The Morgan fingerprint density at radius 2 is 1.89 bits per heavy atom. The highest BCUT2D eigenvalue weighted by atomic mass is 15.1. The number of H-pyrrole nitrogens is 1. The van der Waals surface area contributed by atoms with Gasteiger partial charge in [0, 0.05) is 20.0 Å². The van der Waals surface area contributed by atoms with Crippen molar-refractivity contribution in [3.63, 3.8) is 0 Å². The molecule has 94 valence electrons. The third-order valence-electron chi connectivity index (χ3n) is 4.44. The van der Waals surface area contributed by atoms with Crippen molar-refractivity contribution in [1.29, 1.82) is 0 Å². The average molecular weight is 242 g/mol. The molecule has 0 amide bonds. The maximum Gasteiger partial charge on any atom is 0.179 e. The summed E-state index contributed by atoms with van der Waals surface area (Å²) in [5.74, 6) is 4.75. The van der Waals surface area contributed by atoms with E-state index >= 15 is 0 Å². The molecule has 0 saturated heterocycles. The first kappa shape index (κ1) is 10.4. The van der Waals surface area contributed by atoms with E-state index in [0.29, 0.717) is 5.92 Å². The molecular formula is C14H18N4. The normalized spacial score (nSPS) is 29.6. The first-order valence-corrected chi connectivity index (χ1v) is 6.74. The molecule has 0 bridgehead atoms. The summed E-state index contributed by atoms with van der Waals surface area (Å²) in [6.07, 6.45) is 4.11. The van der Waals surface area contributed by atoms with Crippen LogP contribution in [-0.4, -0.2) is 29.0 Å². The van der Waals surface area contributed by atoms with Crippen LogP contribution in [0.2, 0.25) is 0 Å². The predicted octanol–water partition coefficient (Wildman–Crippen LogP) is 2.54. The van der Waals surface area contributed by atoms with Gasteiger partial charge >= 0.3 is 0 Å². The smallest absolute Gasteiger partial charge is 0.179 e. The van der Waals surface area contributed by atoms with E-state index in [0.717, 1.165) is 34.6 Å². The average Bonchev–Trinajstić information content (AvgIpc) is 2.81. The Labute approximate surface area is 106 Å². The van der Waals surface area contributed by atoms with E-state index in [4.69, 9.17) is 4.98 Å². The molecule has 4 rings (SSSR count). The zero-order valence-corrected chi connectivity index (χ0v) is 10.8. The van der Waals surface area contributed by atoms with Crippen LogP contribution in [0, 0.1) is 11.8 Å². The van der Waals surface area contributed by atoms with Gasteiger partial charge < -0.3 is 9.88 Å². The Bertz CT molecular complexity index is 591. The molecule has 18 heavy (non-hydrogen) atoms. The number of pyridine rings is 1. The van der Waals surface area contributed by atoms with Crippen LogP contribution < -0.4 is 4.90 Å². The van der Waals surface area contributed by atoms with Gasteiger partial charge in [0.25, 0.3) is 0 Å². The minimum Gasteiger partial charge on any atom is -0.363 e. The maximum atomic E-state index is 4.70. The van der Waals surface area contributed by atoms with Crippen molar-refractivity contribution < 1.29 is 0 Å². The van der Waals surface area contributed by atoms with Crippen LogP contribution in [0.1, 0.15) is 31.0 Å². The van der Waals surface area contributed by atoms with Crippen LogP contribution in [0.4, 0.5) is 5.82 Å². The SMILES string of the molecule is CN(C)c1ccc2[nH]c(C3CC4CC4C3)nc2n1. The summed E-state index contributed by atoms with van der Waals surface area (Å²) in [5, 5.41) is 0. The Morgan fingerprint density at radius 3 is 2.61 bits per heavy atom. The van der Waals surface area contributed by atoms with Crippen LogP contribution in [0.15, 0.2) is 12.1 Å². The van der Waals surface area contributed by atoms with E-state index in [1.807, 2.05) is 25.1 Å². The second-order valence-corrected chi connectivity index (χ2v) is 5.98. The monoisotopic (exact) mass is 242 g/mol. The molecule has 2 aromatic heterocycles. The van der Waals surface area contributed by atoms with E-state index in [-0.39, 0.29) is 0 Å². The maximum absolute atomic E-state index is 4.70. The summed E-state index contributed by atoms with van der Waals surface area (Å²) >= 11 is 0. The quantitative estimate of drug-likeness (QED) is 0.880. The molecular weight excluding hydrogens is 224 g/mol. The van der Waals surface area contributed by atoms with Crippen LogP contribution in [0.3, 0.4) is 0 Å². The van der Waals surface area contributed by atoms with Gasteiger partial charge in [-0.25, -0.2) is 9.97 Å². The van der Waals surface area contributed by atoms with Crippen molar-refractivity contribution in [3.8, 4) is 0 Å². The van der Waals surface area contributed by atoms with Gasteiger partial charge in [0.2, 0.25) is 0 Å². The molecule has 2 heterocycles. The number of hydrogen-bond donors (Lipinski definition) is 1. The van der Waals surface area contributed by atoms with E-state index in [9.17, 15) is 0 Å². The fourth-order valence-electron chi connectivity index (χ4n) is 3.28. The summed E-state index contributed by atoms with van der Waals surface area (Å²) in [7, 11) is 4.01. The van der Waals surface area contributed by atoms with Gasteiger partial charge in [-0.1, -0.05) is 0 Å². The number of hydrogen-bond acceptors (Lipinski definition) is 3. The molecule has 0 aromatic carbocycles. The van der Waals surface area contributed by atoms with E-state index in [2.05, 4.69) is 16.0 Å². The number of imidazole rings is 1. The Kier molecular flexibility index (Phi) is 1.99. The minimum absolute atomic E-state index is 0.644. The number of anilines is 1. The number of aromatic amines is 1. The summed E-state index contributed by atoms with van der Waals surface area (Å²) in [6, 6.07) is 4.13. The van der Waals surface area contributed by atoms with Crippen LogP contribution in [0.5, 0.6) is 0 Å². The van der Waals surface area contributed by atoms with E-state index in [1.165, 1.54) is 19.3 Å². The lowest BCUT2D eigenvalue weighted by atomic mass is 10.0. The fraction of sp³-hybridized carbons (Fsp3) is 0.571. The highest BCUT2D eigenvalue weighted by Crippen LogP contribution is 2.57. The fourth-order valence-corrected chi connectivity index (χ4v) is 3.28. The molecule has 4 heteroatoms. The van der Waals surface area contributed by atoms with Gasteiger partial charge in [-0.05, 0) is 43.2 Å². The number of nitrogens with zero attached hydrogens (tertiary/aromatic N) is 3. The van der Waals surface area contributed by atoms with Gasteiger partial charge in [0.05, 0.1) is 5.52 Å². The molecule has 2 aliphatic rings. The lowest BCUT2D eigenvalue weighted by Gasteiger charge is -2.09. The molecule has 2 atom stereocenters. The Morgan fingerprint density at radius 1 is 1.11 bits per heavy atom. The van der Waals surface area contributed by atoms with Crippen molar-refractivity contribution in [2.75, 3.05) is 19.0 Å². The predicted molar refractivity (Wildman–Crippen MR) is 71.8 cm³/mol. The molecule has 1 N–H and O–H groups in total.